The largest absolute Gasteiger partial charge is 0.444 e. The molecule has 0 amide bonds. The molecule has 2 aliphatic rings. The SMILES string of the molecule is CCCCCCCC(=O)OC1C#C/C=C/C#CC2(O)CCC=C1C2=O. The minimum atomic E-state index is -1.72. The van der Waals surface area contributed by atoms with E-state index in [1.54, 1.807) is 6.08 Å². The van der Waals surface area contributed by atoms with Gasteiger partial charge in [-0.3, -0.25) is 9.59 Å². The third-order valence-electron chi connectivity index (χ3n) is 4.27. The molecule has 2 bridgehead atoms. The molecule has 0 aliphatic heterocycles. The highest BCUT2D eigenvalue weighted by atomic mass is 16.5. The molecule has 2 atom stereocenters. The molecule has 2 aliphatic carbocycles. The van der Waals surface area contributed by atoms with Gasteiger partial charge in [-0.05, 0) is 37.3 Å². The van der Waals surface area contributed by atoms with Crippen molar-refractivity contribution in [1.82, 2.24) is 0 Å². The molecule has 25 heavy (non-hydrogen) atoms. The molecular weight excluding hydrogens is 316 g/mol. The van der Waals surface area contributed by atoms with Crippen molar-refractivity contribution >= 4 is 11.8 Å². The van der Waals surface area contributed by atoms with Gasteiger partial charge in [-0.1, -0.05) is 56.4 Å². The maximum atomic E-state index is 12.6. The van der Waals surface area contributed by atoms with Gasteiger partial charge in [0.2, 0.25) is 5.78 Å². The van der Waals surface area contributed by atoms with E-state index in [4.69, 9.17) is 4.74 Å². The second-order valence-electron chi connectivity index (χ2n) is 6.31. The van der Waals surface area contributed by atoms with E-state index in [0.29, 0.717) is 12.8 Å². The van der Waals surface area contributed by atoms with Crippen LogP contribution in [0.1, 0.15) is 58.3 Å². The second-order valence-corrected chi connectivity index (χ2v) is 6.31. The third-order valence-corrected chi connectivity index (χ3v) is 4.27. The van der Waals surface area contributed by atoms with Gasteiger partial charge in [0.15, 0.2) is 11.7 Å². The molecule has 4 heteroatoms. The Hall–Kier alpha value is -2.30. The second kappa shape index (κ2) is 9.25. The van der Waals surface area contributed by atoms with Crippen LogP contribution in [0, 0.1) is 23.7 Å². The van der Waals surface area contributed by atoms with Crippen LogP contribution >= 0.6 is 0 Å². The summed E-state index contributed by atoms with van der Waals surface area (Å²) in [7, 11) is 0. The molecule has 2 unspecified atom stereocenters. The molecule has 2 rings (SSSR count). The zero-order valence-corrected chi connectivity index (χ0v) is 14.6. The maximum Gasteiger partial charge on any atom is 0.307 e. The van der Waals surface area contributed by atoms with Gasteiger partial charge in [0.25, 0.3) is 0 Å². The Morgan fingerprint density at radius 3 is 2.84 bits per heavy atom. The van der Waals surface area contributed by atoms with Crippen molar-refractivity contribution in [3.8, 4) is 23.7 Å². The number of fused-ring (bicyclic) bond motifs is 2. The van der Waals surface area contributed by atoms with Crippen LogP contribution in [0.2, 0.25) is 0 Å². The van der Waals surface area contributed by atoms with E-state index in [2.05, 4.69) is 30.6 Å². The molecule has 4 nitrogen and oxygen atoms in total. The first-order chi connectivity index (χ1) is 12.1. The Morgan fingerprint density at radius 1 is 1.28 bits per heavy atom. The first kappa shape index (κ1) is 19.0. The summed E-state index contributed by atoms with van der Waals surface area (Å²) < 4.78 is 5.44. The molecule has 132 valence electrons. The predicted molar refractivity (Wildman–Crippen MR) is 95.2 cm³/mol. The van der Waals surface area contributed by atoms with Gasteiger partial charge in [-0.2, -0.15) is 0 Å². The molecule has 0 spiro atoms. The van der Waals surface area contributed by atoms with E-state index in [9.17, 15) is 14.7 Å². The highest BCUT2D eigenvalue weighted by molar-refractivity contribution is 6.06. The number of rotatable bonds is 7. The molecule has 0 heterocycles. The summed E-state index contributed by atoms with van der Waals surface area (Å²) in [6, 6.07) is 0. The van der Waals surface area contributed by atoms with Crippen LogP contribution in [0.15, 0.2) is 23.8 Å². The summed E-state index contributed by atoms with van der Waals surface area (Å²) in [5.41, 5.74) is -1.50. The molecule has 0 radical (unpaired) electrons. The van der Waals surface area contributed by atoms with Crippen molar-refractivity contribution in [2.24, 2.45) is 0 Å². The van der Waals surface area contributed by atoms with Crippen LogP contribution in [0.5, 0.6) is 0 Å². The number of hydrogen-bond donors (Lipinski definition) is 1. The van der Waals surface area contributed by atoms with Crippen LogP contribution in [-0.4, -0.2) is 28.6 Å². The van der Waals surface area contributed by atoms with Gasteiger partial charge in [0.05, 0.1) is 0 Å². The fraction of sp³-hybridized carbons (Fsp3) is 0.524. The van der Waals surface area contributed by atoms with Crippen molar-refractivity contribution in [3.63, 3.8) is 0 Å². The maximum absolute atomic E-state index is 12.6. The number of carbonyl (C=O) groups excluding carboxylic acids is 2. The number of aliphatic hydroxyl groups is 1. The van der Waals surface area contributed by atoms with E-state index in [0.717, 1.165) is 32.1 Å². The molecule has 0 aromatic rings. The first-order valence-electron chi connectivity index (χ1n) is 8.92. The molecule has 0 fully saturated rings. The van der Waals surface area contributed by atoms with E-state index >= 15 is 0 Å². The molecular formula is C21H24O4. The predicted octanol–water partition coefficient (Wildman–Crippen LogP) is 2.86. The van der Waals surface area contributed by atoms with Gasteiger partial charge in [-0.25, -0.2) is 0 Å². The van der Waals surface area contributed by atoms with Crippen LogP contribution in [0.3, 0.4) is 0 Å². The summed E-state index contributed by atoms with van der Waals surface area (Å²) in [6.45, 7) is 2.14. The lowest BCUT2D eigenvalue weighted by atomic mass is 9.81. The van der Waals surface area contributed by atoms with Crippen LogP contribution < -0.4 is 0 Å². The quantitative estimate of drug-likeness (QED) is 0.440. The average Bonchev–Trinajstić information content (AvgIpc) is 2.58. The Bertz CT molecular complexity index is 693. The molecule has 0 aromatic heterocycles. The van der Waals surface area contributed by atoms with Crippen LogP contribution in [0.4, 0.5) is 0 Å². The Kier molecular flexibility index (Phi) is 7.04. The first-order valence-corrected chi connectivity index (χ1v) is 8.92. The summed E-state index contributed by atoms with van der Waals surface area (Å²) >= 11 is 0. The highest BCUT2D eigenvalue weighted by Gasteiger charge is 2.41. The van der Waals surface area contributed by atoms with Crippen LogP contribution in [-0.2, 0) is 14.3 Å². The van der Waals surface area contributed by atoms with Crippen molar-refractivity contribution < 1.29 is 19.4 Å². The topological polar surface area (TPSA) is 63.6 Å². The van der Waals surface area contributed by atoms with E-state index in [1.165, 1.54) is 12.2 Å². The Balaban J connectivity index is 2.05. The number of esters is 1. The number of ether oxygens (including phenoxy) is 1. The normalized spacial score (nSPS) is 25.6. The van der Waals surface area contributed by atoms with Crippen molar-refractivity contribution in [2.75, 3.05) is 0 Å². The summed E-state index contributed by atoms with van der Waals surface area (Å²) in [6.07, 6.45) is 9.95. The number of Topliss-reactive ketones (excluding diaryl/α,β-unsaturated/α-hetero) is 1. The standard InChI is InChI=1S/C21H24O4/c1-2-3-4-5-9-14-19(22)25-18-13-8-6-7-10-15-21(24)16-11-12-17(18)20(21)23/h6-7,12,18,24H,2-5,9,11,14,16H2,1H3/b7-6+. The van der Waals surface area contributed by atoms with Gasteiger partial charge in [0, 0.05) is 12.0 Å². The Morgan fingerprint density at radius 2 is 2.04 bits per heavy atom. The lowest BCUT2D eigenvalue weighted by Gasteiger charge is -2.28. The molecule has 1 N–H and O–H groups in total. The van der Waals surface area contributed by atoms with E-state index in [-0.39, 0.29) is 18.0 Å². The zero-order valence-electron chi connectivity index (χ0n) is 14.6. The van der Waals surface area contributed by atoms with Crippen molar-refractivity contribution in [3.05, 3.63) is 23.8 Å². The number of unbranched alkanes of at least 4 members (excludes halogenated alkanes) is 4. The van der Waals surface area contributed by atoms with E-state index in [1.807, 2.05) is 0 Å². The van der Waals surface area contributed by atoms with Crippen LogP contribution in [0.25, 0.3) is 0 Å². The zero-order chi connectivity index (χ0) is 18.1. The van der Waals surface area contributed by atoms with Gasteiger partial charge >= 0.3 is 5.97 Å². The minimum Gasteiger partial charge on any atom is -0.444 e. The summed E-state index contributed by atoms with van der Waals surface area (Å²) in [5.74, 6) is 9.88. The number of ketones is 1. The lowest BCUT2D eigenvalue weighted by Crippen LogP contribution is -2.43. The smallest absolute Gasteiger partial charge is 0.307 e. The summed E-state index contributed by atoms with van der Waals surface area (Å²) in [4.78, 5) is 24.7. The monoisotopic (exact) mass is 340 g/mol. The minimum absolute atomic E-state index is 0.227. The number of carbonyl (C=O) groups is 2. The van der Waals surface area contributed by atoms with Gasteiger partial charge < -0.3 is 9.84 Å². The van der Waals surface area contributed by atoms with Gasteiger partial charge in [0.1, 0.15) is 0 Å². The van der Waals surface area contributed by atoms with E-state index < -0.39 is 17.5 Å². The lowest BCUT2D eigenvalue weighted by molar-refractivity contribution is -0.146. The number of allylic oxidation sites excluding steroid dienone is 3. The van der Waals surface area contributed by atoms with Gasteiger partial charge in [-0.15, -0.1) is 0 Å². The Labute approximate surface area is 149 Å². The molecule has 0 saturated heterocycles. The highest BCUT2D eigenvalue weighted by Crippen LogP contribution is 2.28. The van der Waals surface area contributed by atoms with Crippen molar-refractivity contribution in [2.45, 2.75) is 70.0 Å². The molecule has 0 aromatic carbocycles. The van der Waals surface area contributed by atoms with Crippen molar-refractivity contribution in [1.29, 1.82) is 0 Å². The average molecular weight is 340 g/mol. The molecule has 0 saturated carbocycles. The summed E-state index contributed by atoms with van der Waals surface area (Å²) in [5, 5.41) is 10.5. The third kappa shape index (κ3) is 5.34. The fourth-order valence-corrected chi connectivity index (χ4v) is 2.83. The number of hydrogen-bond acceptors (Lipinski definition) is 4. The fourth-order valence-electron chi connectivity index (χ4n) is 2.83.